The summed E-state index contributed by atoms with van der Waals surface area (Å²) in [6, 6.07) is 1.01. The summed E-state index contributed by atoms with van der Waals surface area (Å²) in [4.78, 5) is 0. The van der Waals surface area contributed by atoms with Crippen molar-refractivity contribution in [3.8, 4) is 0 Å². The summed E-state index contributed by atoms with van der Waals surface area (Å²) in [5, 5.41) is 3.47. The first kappa shape index (κ1) is 10.1. The fraction of sp³-hybridized carbons (Fsp3) is 0.625. The molecular formula is C8H11F3N2. The molecule has 0 unspecified atom stereocenters. The van der Waals surface area contributed by atoms with Crippen molar-refractivity contribution >= 4 is 0 Å². The van der Waals surface area contributed by atoms with Crippen molar-refractivity contribution in [3.05, 3.63) is 17.5 Å². The zero-order chi connectivity index (χ0) is 10.2. The first-order chi connectivity index (χ1) is 5.82. The Balaban J connectivity index is 3.10. The van der Waals surface area contributed by atoms with Crippen molar-refractivity contribution in [1.29, 1.82) is 0 Å². The van der Waals surface area contributed by atoms with E-state index in [2.05, 4.69) is 5.10 Å². The largest absolute Gasteiger partial charge is 0.435 e. The molecule has 0 bridgehead atoms. The smallest absolute Gasteiger partial charge is 0.267 e. The van der Waals surface area contributed by atoms with Crippen molar-refractivity contribution < 1.29 is 13.2 Å². The van der Waals surface area contributed by atoms with Crippen LogP contribution in [-0.2, 0) is 6.18 Å². The summed E-state index contributed by atoms with van der Waals surface area (Å²) in [6.07, 6.45) is -4.34. The van der Waals surface area contributed by atoms with Gasteiger partial charge in [0.2, 0.25) is 0 Å². The second kappa shape index (κ2) is 3.05. The van der Waals surface area contributed by atoms with E-state index in [9.17, 15) is 13.2 Å². The molecule has 0 spiro atoms. The highest BCUT2D eigenvalue weighted by atomic mass is 19.4. The van der Waals surface area contributed by atoms with Crippen molar-refractivity contribution in [2.75, 3.05) is 0 Å². The van der Waals surface area contributed by atoms with Crippen LogP contribution in [0.15, 0.2) is 6.07 Å². The third kappa shape index (κ3) is 2.02. The minimum atomic E-state index is -4.34. The Kier molecular flexibility index (Phi) is 2.36. The van der Waals surface area contributed by atoms with Crippen LogP contribution in [-0.4, -0.2) is 9.78 Å². The molecule has 0 radical (unpaired) electrons. The number of halogens is 3. The quantitative estimate of drug-likeness (QED) is 0.669. The Labute approximate surface area is 74.4 Å². The number of alkyl halides is 3. The van der Waals surface area contributed by atoms with Crippen LogP contribution >= 0.6 is 0 Å². The Morgan fingerprint density at radius 3 is 2.15 bits per heavy atom. The summed E-state index contributed by atoms with van der Waals surface area (Å²) in [5.41, 5.74) is -0.291. The van der Waals surface area contributed by atoms with Crippen LogP contribution in [0, 0.1) is 6.92 Å². The van der Waals surface area contributed by atoms with Gasteiger partial charge in [0.05, 0.1) is 0 Å². The first-order valence-electron chi connectivity index (χ1n) is 3.95. The van der Waals surface area contributed by atoms with Gasteiger partial charge in [-0.3, -0.25) is 4.68 Å². The van der Waals surface area contributed by atoms with Crippen molar-refractivity contribution in [2.24, 2.45) is 0 Å². The summed E-state index contributed by atoms with van der Waals surface area (Å²) < 4.78 is 37.9. The van der Waals surface area contributed by atoms with Gasteiger partial charge in [0, 0.05) is 11.7 Å². The van der Waals surface area contributed by atoms with Gasteiger partial charge in [-0.05, 0) is 26.8 Å². The highest BCUT2D eigenvalue weighted by Gasteiger charge is 2.34. The van der Waals surface area contributed by atoms with Crippen molar-refractivity contribution in [3.63, 3.8) is 0 Å². The number of rotatable bonds is 1. The number of hydrogen-bond donors (Lipinski definition) is 0. The highest BCUT2D eigenvalue weighted by molar-refractivity contribution is 5.12. The molecule has 0 N–H and O–H groups in total. The van der Waals surface area contributed by atoms with Gasteiger partial charge < -0.3 is 0 Å². The van der Waals surface area contributed by atoms with Gasteiger partial charge >= 0.3 is 6.18 Å². The normalized spacial score (nSPS) is 12.5. The first-order valence-corrected chi connectivity index (χ1v) is 3.95. The second-order valence-corrected chi connectivity index (χ2v) is 3.21. The van der Waals surface area contributed by atoms with E-state index in [4.69, 9.17) is 0 Å². The third-order valence-corrected chi connectivity index (χ3v) is 1.70. The third-order valence-electron chi connectivity index (χ3n) is 1.70. The van der Waals surface area contributed by atoms with E-state index in [1.165, 1.54) is 4.68 Å². The van der Waals surface area contributed by atoms with Crippen molar-refractivity contribution in [1.82, 2.24) is 9.78 Å². The Bertz CT molecular complexity index is 299. The van der Waals surface area contributed by atoms with E-state index in [0.29, 0.717) is 5.69 Å². The maximum absolute atomic E-state index is 12.2. The van der Waals surface area contributed by atoms with Crippen LogP contribution in [0.1, 0.15) is 31.3 Å². The lowest BCUT2D eigenvalue weighted by atomic mass is 10.3. The monoisotopic (exact) mass is 192 g/mol. The lowest BCUT2D eigenvalue weighted by Gasteiger charge is -2.07. The predicted molar refractivity (Wildman–Crippen MR) is 42.4 cm³/mol. The number of hydrogen-bond acceptors (Lipinski definition) is 1. The van der Waals surface area contributed by atoms with E-state index < -0.39 is 11.9 Å². The second-order valence-electron chi connectivity index (χ2n) is 3.21. The fourth-order valence-electron chi connectivity index (χ4n) is 1.15. The van der Waals surface area contributed by atoms with Crippen LogP contribution in [0.4, 0.5) is 13.2 Å². The molecule has 0 aliphatic rings. The molecule has 0 saturated heterocycles. The van der Waals surface area contributed by atoms with Gasteiger partial charge in [-0.1, -0.05) is 0 Å². The Hall–Kier alpha value is -1.00. The fourth-order valence-corrected chi connectivity index (χ4v) is 1.15. The van der Waals surface area contributed by atoms with E-state index in [1.54, 1.807) is 20.8 Å². The van der Waals surface area contributed by atoms with Crippen molar-refractivity contribution in [2.45, 2.75) is 33.0 Å². The SMILES string of the molecule is Cc1cc(C(F)(F)F)nn1C(C)C. The number of aryl methyl sites for hydroxylation is 1. The lowest BCUT2D eigenvalue weighted by Crippen LogP contribution is -2.09. The zero-order valence-corrected chi connectivity index (χ0v) is 7.68. The van der Waals surface area contributed by atoms with Crippen LogP contribution in [0.2, 0.25) is 0 Å². The molecular weight excluding hydrogens is 181 g/mol. The molecule has 0 aliphatic carbocycles. The van der Waals surface area contributed by atoms with E-state index in [0.717, 1.165) is 6.07 Å². The molecule has 0 atom stereocenters. The topological polar surface area (TPSA) is 17.8 Å². The van der Waals surface area contributed by atoms with Gasteiger partial charge in [0.25, 0.3) is 0 Å². The molecule has 2 nitrogen and oxygen atoms in total. The maximum Gasteiger partial charge on any atom is 0.435 e. The average Bonchev–Trinajstić information content (AvgIpc) is 2.29. The molecule has 0 aromatic carbocycles. The molecule has 0 saturated carbocycles. The minimum absolute atomic E-state index is 0.0453. The summed E-state index contributed by atoms with van der Waals surface area (Å²) >= 11 is 0. The molecule has 74 valence electrons. The maximum atomic E-state index is 12.2. The van der Waals surface area contributed by atoms with Gasteiger partial charge in [-0.15, -0.1) is 0 Å². The molecule has 0 aliphatic heterocycles. The summed E-state index contributed by atoms with van der Waals surface area (Å²) in [5.74, 6) is 0. The molecule has 0 fully saturated rings. The zero-order valence-electron chi connectivity index (χ0n) is 7.68. The van der Waals surface area contributed by atoms with Gasteiger partial charge in [-0.2, -0.15) is 18.3 Å². The molecule has 5 heteroatoms. The average molecular weight is 192 g/mol. The van der Waals surface area contributed by atoms with Crippen LogP contribution in [0.3, 0.4) is 0 Å². The molecule has 1 aromatic heterocycles. The molecule has 0 amide bonds. The summed E-state index contributed by atoms with van der Waals surface area (Å²) in [6.45, 7) is 5.20. The minimum Gasteiger partial charge on any atom is -0.267 e. The van der Waals surface area contributed by atoms with Crippen LogP contribution < -0.4 is 0 Å². The number of nitrogens with zero attached hydrogens (tertiary/aromatic N) is 2. The van der Waals surface area contributed by atoms with Gasteiger partial charge in [0.1, 0.15) is 0 Å². The molecule has 13 heavy (non-hydrogen) atoms. The van der Waals surface area contributed by atoms with Gasteiger partial charge in [-0.25, -0.2) is 0 Å². The lowest BCUT2D eigenvalue weighted by molar-refractivity contribution is -0.141. The van der Waals surface area contributed by atoms with Crippen LogP contribution in [0.25, 0.3) is 0 Å². The molecule has 1 aromatic rings. The predicted octanol–water partition coefficient (Wildman–Crippen LogP) is 2.79. The number of aromatic nitrogens is 2. The Morgan fingerprint density at radius 2 is 1.92 bits per heavy atom. The van der Waals surface area contributed by atoms with Gasteiger partial charge in [0.15, 0.2) is 5.69 Å². The van der Waals surface area contributed by atoms with E-state index in [-0.39, 0.29) is 6.04 Å². The molecule has 1 rings (SSSR count). The highest BCUT2D eigenvalue weighted by Crippen LogP contribution is 2.29. The van der Waals surface area contributed by atoms with E-state index >= 15 is 0 Å². The molecule has 1 heterocycles. The Morgan fingerprint density at radius 1 is 1.38 bits per heavy atom. The van der Waals surface area contributed by atoms with E-state index in [1.807, 2.05) is 0 Å². The standard InChI is InChI=1S/C8H11F3N2/c1-5(2)13-6(3)4-7(12-13)8(9,10)11/h4-5H,1-3H3. The summed E-state index contributed by atoms with van der Waals surface area (Å²) in [7, 11) is 0. The van der Waals surface area contributed by atoms with Crippen LogP contribution in [0.5, 0.6) is 0 Å².